The minimum atomic E-state index is -0.110. The minimum absolute atomic E-state index is 0.110. The molecule has 0 aliphatic heterocycles. The second-order valence-electron chi connectivity index (χ2n) is 5.99. The first-order chi connectivity index (χ1) is 11.6. The van der Waals surface area contributed by atoms with Gasteiger partial charge in [-0.1, -0.05) is 60.2 Å². The Labute approximate surface area is 139 Å². The lowest BCUT2D eigenvalue weighted by Gasteiger charge is -2.04. The van der Waals surface area contributed by atoms with Gasteiger partial charge in [0.1, 0.15) is 0 Å². The van der Waals surface area contributed by atoms with Crippen molar-refractivity contribution in [1.29, 1.82) is 0 Å². The molecule has 0 unspecified atom stereocenters. The second kappa shape index (κ2) is 5.49. The normalized spacial score (nSPS) is 11.1. The van der Waals surface area contributed by atoms with Crippen molar-refractivity contribution in [3.63, 3.8) is 0 Å². The average molecular weight is 315 g/mol. The van der Waals surface area contributed by atoms with Crippen LogP contribution in [0.2, 0.25) is 0 Å². The largest absolute Gasteiger partial charge is 0.293 e. The summed E-state index contributed by atoms with van der Waals surface area (Å²) < 4.78 is 1.51. The van der Waals surface area contributed by atoms with Crippen LogP contribution in [0.3, 0.4) is 0 Å². The number of hydrogen-bond acceptors (Lipinski definition) is 2. The van der Waals surface area contributed by atoms with Crippen molar-refractivity contribution in [2.75, 3.05) is 0 Å². The van der Waals surface area contributed by atoms with E-state index in [0.29, 0.717) is 11.3 Å². The molecule has 0 spiro atoms. The highest BCUT2D eigenvalue weighted by atomic mass is 16.1. The zero-order valence-electron chi connectivity index (χ0n) is 13.6. The van der Waals surface area contributed by atoms with Crippen LogP contribution in [0.4, 0.5) is 0 Å². The fourth-order valence-corrected chi connectivity index (χ4v) is 3.05. The maximum atomic E-state index is 12.5. The van der Waals surface area contributed by atoms with Crippen LogP contribution in [0.5, 0.6) is 0 Å². The molecule has 2 aromatic heterocycles. The molecule has 1 N–H and O–H groups in total. The summed E-state index contributed by atoms with van der Waals surface area (Å²) in [6, 6.07) is 19.6. The zero-order chi connectivity index (χ0) is 16.7. The van der Waals surface area contributed by atoms with Gasteiger partial charge < -0.3 is 0 Å². The first-order valence-corrected chi connectivity index (χ1v) is 7.88. The molecule has 0 atom stereocenters. The predicted octanol–water partition coefficient (Wildman–Crippen LogP) is 3.97. The summed E-state index contributed by atoms with van der Waals surface area (Å²) in [5.74, 6) is 0. The maximum absolute atomic E-state index is 12.5. The number of aromatic amines is 1. The van der Waals surface area contributed by atoms with Gasteiger partial charge in [0.15, 0.2) is 5.65 Å². The van der Waals surface area contributed by atoms with Crippen molar-refractivity contribution in [1.82, 2.24) is 14.6 Å². The Bertz CT molecular complexity index is 1090. The molecule has 0 radical (unpaired) electrons. The SMILES string of the molecule is Cc1cccc(-c2c(C)[nH]n3c(=O)cc(-c4ccccc4)nc23)c1. The van der Waals surface area contributed by atoms with Crippen LogP contribution in [-0.2, 0) is 0 Å². The lowest BCUT2D eigenvalue weighted by Crippen LogP contribution is -2.14. The summed E-state index contributed by atoms with van der Waals surface area (Å²) in [5, 5.41) is 3.13. The number of benzene rings is 2. The van der Waals surface area contributed by atoms with Gasteiger partial charge in [-0.05, 0) is 19.4 Å². The molecule has 0 saturated heterocycles. The summed E-state index contributed by atoms with van der Waals surface area (Å²) >= 11 is 0. The minimum Gasteiger partial charge on any atom is -0.293 e. The molecular formula is C20H17N3O. The third kappa shape index (κ3) is 2.33. The van der Waals surface area contributed by atoms with E-state index in [0.717, 1.165) is 22.4 Å². The topological polar surface area (TPSA) is 50.2 Å². The Balaban J connectivity index is 2.03. The van der Waals surface area contributed by atoms with Crippen molar-refractivity contribution >= 4 is 5.65 Å². The van der Waals surface area contributed by atoms with Crippen LogP contribution in [0.1, 0.15) is 11.3 Å². The standard InChI is InChI=1S/C20H17N3O/c1-13-7-6-10-16(11-13)19-14(2)22-23-18(24)12-17(21-20(19)23)15-8-4-3-5-9-15/h3-12,22H,1-2H3. The molecule has 0 aliphatic rings. The summed E-state index contributed by atoms with van der Waals surface area (Å²) in [7, 11) is 0. The number of rotatable bonds is 2. The Hall–Kier alpha value is -3.14. The van der Waals surface area contributed by atoms with E-state index in [9.17, 15) is 4.79 Å². The Morgan fingerprint density at radius 2 is 1.67 bits per heavy atom. The molecule has 0 saturated carbocycles. The van der Waals surface area contributed by atoms with Crippen LogP contribution in [-0.4, -0.2) is 14.6 Å². The molecule has 4 aromatic rings. The molecule has 24 heavy (non-hydrogen) atoms. The molecule has 4 nitrogen and oxygen atoms in total. The fraction of sp³-hybridized carbons (Fsp3) is 0.100. The molecule has 4 heteroatoms. The van der Waals surface area contributed by atoms with Crippen molar-refractivity contribution in [3.05, 3.63) is 82.3 Å². The quantitative estimate of drug-likeness (QED) is 0.608. The van der Waals surface area contributed by atoms with Crippen molar-refractivity contribution in [2.45, 2.75) is 13.8 Å². The van der Waals surface area contributed by atoms with Crippen LogP contribution < -0.4 is 5.56 Å². The monoisotopic (exact) mass is 315 g/mol. The average Bonchev–Trinajstić information content (AvgIpc) is 2.92. The van der Waals surface area contributed by atoms with Gasteiger partial charge in [0, 0.05) is 22.9 Å². The van der Waals surface area contributed by atoms with E-state index in [-0.39, 0.29) is 5.56 Å². The number of H-pyrrole nitrogens is 1. The summed E-state index contributed by atoms with van der Waals surface area (Å²) in [6.07, 6.45) is 0. The van der Waals surface area contributed by atoms with E-state index in [1.165, 1.54) is 10.1 Å². The van der Waals surface area contributed by atoms with Crippen LogP contribution in [0, 0.1) is 13.8 Å². The zero-order valence-corrected chi connectivity index (χ0v) is 13.6. The molecule has 4 rings (SSSR count). The van der Waals surface area contributed by atoms with Gasteiger partial charge in [0.2, 0.25) is 0 Å². The third-order valence-corrected chi connectivity index (χ3v) is 4.17. The highest BCUT2D eigenvalue weighted by Crippen LogP contribution is 2.28. The van der Waals surface area contributed by atoms with Gasteiger partial charge in [0.05, 0.1) is 5.69 Å². The first-order valence-electron chi connectivity index (χ1n) is 7.88. The number of aromatic nitrogens is 3. The molecule has 0 aliphatic carbocycles. The highest BCUT2D eigenvalue weighted by molar-refractivity contribution is 5.81. The number of fused-ring (bicyclic) bond motifs is 1. The van der Waals surface area contributed by atoms with E-state index >= 15 is 0 Å². The molecule has 0 amide bonds. The Kier molecular flexibility index (Phi) is 3.31. The number of nitrogens with zero attached hydrogens (tertiary/aromatic N) is 2. The highest BCUT2D eigenvalue weighted by Gasteiger charge is 2.15. The molecule has 118 valence electrons. The van der Waals surface area contributed by atoms with E-state index in [2.05, 4.69) is 24.2 Å². The third-order valence-electron chi connectivity index (χ3n) is 4.17. The van der Waals surface area contributed by atoms with Gasteiger partial charge >= 0.3 is 0 Å². The molecular weight excluding hydrogens is 298 g/mol. The maximum Gasteiger partial charge on any atom is 0.273 e. The Morgan fingerprint density at radius 3 is 2.42 bits per heavy atom. The van der Waals surface area contributed by atoms with Crippen LogP contribution >= 0.6 is 0 Å². The van der Waals surface area contributed by atoms with Crippen LogP contribution in [0.15, 0.2) is 65.5 Å². The predicted molar refractivity (Wildman–Crippen MR) is 96.2 cm³/mol. The summed E-state index contributed by atoms with van der Waals surface area (Å²) in [5.41, 5.74) is 6.30. The van der Waals surface area contributed by atoms with Gasteiger partial charge in [-0.25, -0.2) is 9.50 Å². The number of nitrogens with one attached hydrogen (secondary N) is 1. The second-order valence-corrected chi connectivity index (χ2v) is 5.99. The lowest BCUT2D eigenvalue weighted by molar-refractivity contribution is 0.882. The summed E-state index contributed by atoms with van der Waals surface area (Å²) in [6.45, 7) is 4.02. The summed E-state index contributed by atoms with van der Waals surface area (Å²) in [4.78, 5) is 17.3. The van der Waals surface area contributed by atoms with Crippen molar-refractivity contribution < 1.29 is 0 Å². The van der Waals surface area contributed by atoms with Crippen molar-refractivity contribution in [3.8, 4) is 22.4 Å². The van der Waals surface area contributed by atoms with E-state index in [1.54, 1.807) is 6.07 Å². The molecule has 2 heterocycles. The van der Waals surface area contributed by atoms with Crippen LogP contribution in [0.25, 0.3) is 28.0 Å². The van der Waals surface area contributed by atoms with Gasteiger partial charge in [-0.3, -0.25) is 9.89 Å². The Morgan fingerprint density at radius 1 is 0.917 bits per heavy atom. The first kappa shape index (κ1) is 14.5. The van der Waals surface area contributed by atoms with Gasteiger partial charge in [0.25, 0.3) is 5.56 Å². The van der Waals surface area contributed by atoms with E-state index in [4.69, 9.17) is 4.98 Å². The molecule has 0 fully saturated rings. The lowest BCUT2D eigenvalue weighted by atomic mass is 10.0. The van der Waals surface area contributed by atoms with E-state index < -0.39 is 0 Å². The van der Waals surface area contributed by atoms with Gasteiger partial charge in [-0.15, -0.1) is 0 Å². The van der Waals surface area contributed by atoms with Gasteiger partial charge in [-0.2, -0.15) is 0 Å². The van der Waals surface area contributed by atoms with Crippen molar-refractivity contribution in [2.24, 2.45) is 0 Å². The number of hydrogen-bond donors (Lipinski definition) is 1. The fourth-order valence-electron chi connectivity index (χ4n) is 3.05. The smallest absolute Gasteiger partial charge is 0.273 e. The number of aryl methyl sites for hydroxylation is 2. The van der Waals surface area contributed by atoms with E-state index in [1.807, 2.05) is 49.4 Å². The molecule has 0 bridgehead atoms. The molecule has 2 aromatic carbocycles.